The molecule has 0 aliphatic carbocycles. The lowest BCUT2D eigenvalue weighted by Crippen LogP contribution is -2.28. The van der Waals surface area contributed by atoms with E-state index in [-0.39, 0.29) is 0 Å². The number of rotatable bonds is 3. The number of primary amides is 1. The van der Waals surface area contributed by atoms with Crippen molar-refractivity contribution in [3.05, 3.63) is 0 Å². The van der Waals surface area contributed by atoms with Crippen LogP contribution in [0.5, 0.6) is 0 Å². The van der Waals surface area contributed by atoms with Gasteiger partial charge in [-0.15, -0.1) is 0 Å². The van der Waals surface area contributed by atoms with E-state index in [9.17, 15) is 9.36 Å². The smallest absolute Gasteiger partial charge is 0.369 e. The van der Waals surface area contributed by atoms with Gasteiger partial charge in [0, 0.05) is 0 Å². The zero-order valence-corrected chi connectivity index (χ0v) is 6.28. The molecular weight excluding hydrogens is 159 g/mol. The van der Waals surface area contributed by atoms with Crippen LogP contribution in [0.25, 0.3) is 0 Å². The highest BCUT2D eigenvalue weighted by Gasteiger charge is 2.21. The Bertz CT molecular complexity index is 175. The van der Waals surface area contributed by atoms with Crippen molar-refractivity contribution in [2.24, 2.45) is 5.73 Å². The first-order chi connectivity index (χ1) is 4.34. The maximum atomic E-state index is 10.3. The molecular formula is C3H9N2O4P. The van der Waals surface area contributed by atoms with E-state index in [0.29, 0.717) is 4.67 Å². The number of amides is 1. The second-order valence-electron chi connectivity index (χ2n) is 1.80. The van der Waals surface area contributed by atoms with E-state index in [4.69, 9.17) is 9.79 Å². The molecule has 0 aliphatic rings. The van der Waals surface area contributed by atoms with Crippen LogP contribution in [-0.4, -0.2) is 34.0 Å². The van der Waals surface area contributed by atoms with E-state index >= 15 is 0 Å². The van der Waals surface area contributed by atoms with Crippen LogP contribution in [0, 0.1) is 0 Å². The molecule has 0 aromatic heterocycles. The van der Waals surface area contributed by atoms with Gasteiger partial charge >= 0.3 is 7.75 Å². The quantitative estimate of drug-likeness (QED) is 0.444. The lowest BCUT2D eigenvalue weighted by atomic mass is 10.6. The Morgan fingerprint density at radius 2 is 2.10 bits per heavy atom. The number of nitrogens with two attached hydrogens (primary N) is 1. The molecule has 0 bridgehead atoms. The van der Waals surface area contributed by atoms with E-state index in [2.05, 4.69) is 5.73 Å². The molecule has 0 atom stereocenters. The van der Waals surface area contributed by atoms with Gasteiger partial charge in [0.1, 0.15) is 0 Å². The van der Waals surface area contributed by atoms with Gasteiger partial charge in [-0.3, -0.25) is 4.79 Å². The molecule has 0 spiro atoms. The lowest BCUT2D eigenvalue weighted by Gasteiger charge is -2.14. The van der Waals surface area contributed by atoms with Gasteiger partial charge in [0.15, 0.2) is 0 Å². The first-order valence-electron chi connectivity index (χ1n) is 2.39. The first kappa shape index (κ1) is 9.58. The summed E-state index contributed by atoms with van der Waals surface area (Å²) in [6, 6.07) is 0. The highest BCUT2D eigenvalue weighted by Crippen LogP contribution is 2.37. The van der Waals surface area contributed by atoms with Gasteiger partial charge in [0.25, 0.3) is 0 Å². The minimum absolute atomic E-state index is 0.440. The normalized spacial score (nSPS) is 12.0. The van der Waals surface area contributed by atoms with Crippen molar-refractivity contribution in [3.63, 3.8) is 0 Å². The summed E-state index contributed by atoms with van der Waals surface area (Å²) >= 11 is 0. The van der Waals surface area contributed by atoms with Crippen molar-refractivity contribution >= 4 is 13.7 Å². The van der Waals surface area contributed by atoms with Crippen molar-refractivity contribution in [1.82, 2.24) is 4.67 Å². The maximum absolute atomic E-state index is 10.3. The highest BCUT2D eigenvalue weighted by atomic mass is 31.2. The summed E-state index contributed by atoms with van der Waals surface area (Å²) in [5.74, 6) is -0.772. The van der Waals surface area contributed by atoms with Gasteiger partial charge in [0.2, 0.25) is 5.91 Å². The largest absolute Gasteiger partial charge is 0.403 e. The number of hydrogen-bond acceptors (Lipinski definition) is 2. The molecule has 0 aromatic carbocycles. The summed E-state index contributed by atoms with van der Waals surface area (Å²) in [6.07, 6.45) is 0. The predicted octanol–water partition coefficient (Wildman–Crippen LogP) is -1.50. The SMILES string of the molecule is CN(CC(N)=O)P(=O)(O)O. The van der Waals surface area contributed by atoms with Gasteiger partial charge in [-0.2, -0.15) is 0 Å². The second-order valence-corrected chi connectivity index (χ2v) is 3.50. The summed E-state index contributed by atoms with van der Waals surface area (Å²) in [7, 11) is -3.16. The van der Waals surface area contributed by atoms with Crippen molar-refractivity contribution in [1.29, 1.82) is 0 Å². The molecule has 0 rings (SSSR count). The molecule has 4 N–H and O–H groups in total. The monoisotopic (exact) mass is 168 g/mol. The Balaban J connectivity index is 3.98. The zero-order valence-electron chi connectivity index (χ0n) is 5.39. The summed E-state index contributed by atoms with van der Waals surface area (Å²) < 4.78 is 10.9. The average Bonchev–Trinajstić information content (AvgIpc) is 1.60. The molecule has 0 heterocycles. The Hall–Kier alpha value is -0.420. The fourth-order valence-corrected chi connectivity index (χ4v) is 0.641. The van der Waals surface area contributed by atoms with Gasteiger partial charge in [-0.05, 0) is 7.05 Å². The minimum atomic E-state index is -4.28. The molecule has 0 saturated heterocycles. The van der Waals surface area contributed by atoms with E-state index < -0.39 is 20.2 Å². The second kappa shape index (κ2) is 3.12. The van der Waals surface area contributed by atoms with Gasteiger partial charge in [-0.1, -0.05) is 0 Å². The third-order valence-electron chi connectivity index (χ3n) is 0.829. The molecule has 7 heteroatoms. The third-order valence-corrected chi connectivity index (χ3v) is 1.86. The van der Waals surface area contributed by atoms with Crippen molar-refractivity contribution in [2.75, 3.05) is 13.6 Å². The molecule has 0 fully saturated rings. The number of carbonyl (C=O) groups excluding carboxylic acids is 1. The third kappa shape index (κ3) is 3.58. The summed E-state index contributed by atoms with van der Waals surface area (Å²) in [6.45, 7) is -0.440. The fraction of sp³-hybridized carbons (Fsp3) is 0.667. The van der Waals surface area contributed by atoms with E-state index in [1.165, 1.54) is 0 Å². The molecule has 10 heavy (non-hydrogen) atoms. The standard InChI is InChI=1S/C3H9N2O4P/c1-5(2-3(4)6)10(7,8)9/h2H2,1H3,(H2,4,6)(H2,7,8,9). The Morgan fingerprint density at radius 3 is 2.20 bits per heavy atom. The van der Waals surface area contributed by atoms with Gasteiger partial charge in [-0.25, -0.2) is 9.24 Å². The number of nitrogens with zero attached hydrogens (tertiary/aromatic N) is 1. The zero-order chi connectivity index (χ0) is 8.36. The molecule has 0 saturated carbocycles. The Labute approximate surface area is 57.8 Å². The Morgan fingerprint density at radius 1 is 1.70 bits per heavy atom. The molecule has 60 valence electrons. The summed E-state index contributed by atoms with van der Waals surface area (Å²) in [5.41, 5.74) is 4.67. The molecule has 0 aromatic rings. The molecule has 1 amide bonds. The van der Waals surface area contributed by atoms with E-state index in [1.54, 1.807) is 0 Å². The number of carbonyl (C=O) groups is 1. The molecule has 0 unspecified atom stereocenters. The van der Waals surface area contributed by atoms with Crippen molar-refractivity contribution in [3.8, 4) is 0 Å². The number of likely N-dealkylation sites (N-methyl/N-ethyl adjacent to an activating group) is 1. The fourth-order valence-electron chi connectivity index (χ4n) is 0.318. The predicted molar refractivity (Wildman–Crippen MR) is 33.9 cm³/mol. The van der Waals surface area contributed by atoms with Crippen LogP contribution < -0.4 is 5.73 Å². The van der Waals surface area contributed by atoms with Gasteiger partial charge in [0.05, 0.1) is 6.54 Å². The molecule has 0 aliphatic heterocycles. The lowest BCUT2D eigenvalue weighted by molar-refractivity contribution is -0.118. The summed E-state index contributed by atoms with van der Waals surface area (Å²) in [4.78, 5) is 26.8. The highest BCUT2D eigenvalue weighted by molar-refractivity contribution is 7.49. The molecule has 0 radical (unpaired) electrons. The Kier molecular flexibility index (Phi) is 2.98. The average molecular weight is 168 g/mol. The van der Waals surface area contributed by atoms with E-state index in [0.717, 1.165) is 7.05 Å². The van der Waals surface area contributed by atoms with Gasteiger partial charge < -0.3 is 15.5 Å². The van der Waals surface area contributed by atoms with Crippen LogP contribution in [0.15, 0.2) is 0 Å². The topological polar surface area (TPSA) is 104 Å². The first-order valence-corrected chi connectivity index (χ1v) is 3.96. The van der Waals surface area contributed by atoms with Crippen LogP contribution in [0.4, 0.5) is 0 Å². The van der Waals surface area contributed by atoms with E-state index in [1.807, 2.05) is 0 Å². The van der Waals surface area contributed by atoms with Crippen LogP contribution in [-0.2, 0) is 9.36 Å². The maximum Gasteiger partial charge on any atom is 0.403 e. The van der Waals surface area contributed by atoms with Crippen LogP contribution in [0.2, 0.25) is 0 Å². The van der Waals surface area contributed by atoms with Crippen LogP contribution in [0.3, 0.4) is 0 Å². The minimum Gasteiger partial charge on any atom is -0.369 e. The van der Waals surface area contributed by atoms with Crippen molar-refractivity contribution < 1.29 is 19.1 Å². The van der Waals surface area contributed by atoms with Crippen LogP contribution >= 0.6 is 7.75 Å². The molecule has 6 nitrogen and oxygen atoms in total. The van der Waals surface area contributed by atoms with Crippen LogP contribution in [0.1, 0.15) is 0 Å². The summed E-state index contributed by atoms with van der Waals surface area (Å²) in [5, 5.41) is 0. The van der Waals surface area contributed by atoms with Crippen molar-refractivity contribution in [2.45, 2.75) is 0 Å². The number of hydrogen-bond donors (Lipinski definition) is 3.